The molecule has 0 fully saturated rings. The Morgan fingerprint density at radius 1 is 1.17 bits per heavy atom. The largest absolute Gasteiger partial charge is 0.463 e. The third kappa shape index (κ3) is 4.36. The lowest BCUT2D eigenvalue weighted by Crippen LogP contribution is -2.40. The average molecular weight is 494 g/mol. The number of benzene rings is 1. The number of thiazole rings is 1. The van der Waals surface area contributed by atoms with Crippen LogP contribution in [0.25, 0.3) is 6.08 Å². The maximum Gasteiger partial charge on any atom is 0.338 e. The zero-order chi connectivity index (χ0) is 25.4. The molecule has 0 aliphatic carbocycles. The molecule has 0 unspecified atom stereocenters. The second-order valence-electron chi connectivity index (χ2n) is 8.69. The van der Waals surface area contributed by atoms with Crippen molar-refractivity contribution in [1.82, 2.24) is 14.3 Å². The summed E-state index contributed by atoms with van der Waals surface area (Å²) in [6.45, 7) is 10.6. The third-order valence-corrected chi connectivity index (χ3v) is 7.24. The van der Waals surface area contributed by atoms with E-state index in [4.69, 9.17) is 4.74 Å². The Morgan fingerprint density at radius 2 is 1.86 bits per heavy atom. The zero-order valence-corrected chi connectivity index (χ0v) is 22.1. The summed E-state index contributed by atoms with van der Waals surface area (Å²) in [5.74, 6) is -0.458. The van der Waals surface area contributed by atoms with E-state index >= 15 is 0 Å². The van der Waals surface area contributed by atoms with Gasteiger partial charge in [-0.2, -0.15) is 5.10 Å². The van der Waals surface area contributed by atoms with Crippen molar-refractivity contribution >= 4 is 29.1 Å². The van der Waals surface area contributed by atoms with Crippen molar-refractivity contribution in [2.75, 3.05) is 25.6 Å². The molecule has 0 N–H and O–H groups in total. The molecule has 8 nitrogen and oxygen atoms in total. The van der Waals surface area contributed by atoms with Gasteiger partial charge in [-0.3, -0.25) is 14.0 Å². The number of carbonyl (C=O) groups excluding carboxylic acids is 1. The standard InChI is InChI=1S/C26H31N5O3S/c1-8-30-17(5)20(15(3)28-30)14-21-24(32)31-23(18-10-12-19(13-11-18)29(6)7)22(25(33)34-9-2)16(4)27-26(31)35-21/h10-14,23H,8-9H2,1-7H3/b21-14+/t23-/m1/s1. The van der Waals surface area contributed by atoms with Crippen LogP contribution in [0.3, 0.4) is 0 Å². The van der Waals surface area contributed by atoms with Crippen LogP contribution in [-0.4, -0.2) is 41.0 Å². The van der Waals surface area contributed by atoms with Crippen LogP contribution in [0, 0.1) is 13.8 Å². The molecule has 184 valence electrons. The molecular weight excluding hydrogens is 462 g/mol. The van der Waals surface area contributed by atoms with Crippen LogP contribution in [-0.2, 0) is 16.1 Å². The Balaban J connectivity index is 1.95. The molecule has 1 aliphatic rings. The Bertz CT molecular complexity index is 1490. The number of carbonyl (C=O) groups is 1. The molecule has 0 saturated carbocycles. The molecule has 3 heterocycles. The average Bonchev–Trinajstić information content (AvgIpc) is 3.28. The number of nitrogens with zero attached hydrogens (tertiary/aromatic N) is 5. The number of allylic oxidation sites excluding steroid dienone is 1. The number of hydrogen-bond donors (Lipinski definition) is 0. The fourth-order valence-electron chi connectivity index (χ4n) is 4.42. The molecule has 1 atom stereocenters. The second-order valence-corrected chi connectivity index (χ2v) is 9.70. The van der Waals surface area contributed by atoms with Crippen LogP contribution in [0.15, 0.2) is 45.3 Å². The first-order valence-electron chi connectivity index (χ1n) is 11.7. The Labute approximate surface area is 208 Å². The van der Waals surface area contributed by atoms with Crippen LogP contribution in [0.5, 0.6) is 0 Å². The number of esters is 1. The molecule has 1 aromatic carbocycles. The number of ether oxygens (including phenoxy) is 1. The number of hydrogen-bond acceptors (Lipinski definition) is 7. The summed E-state index contributed by atoms with van der Waals surface area (Å²) in [4.78, 5) is 34.0. The number of aromatic nitrogens is 3. The Kier molecular flexibility index (Phi) is 6.80. The first-order valence-corrected chi connectivity index (χ1v) is 12.5. The Hall–Kier alpha value is -3.46. The van der Waals surface area contributed by atoms with Crippen LogP contribution in [0.2, 0.25) is 0 Å². The number of fused-ring (bicyclic) bond motifs is 1. The number of rotatable bonds is 6. The van der Waals surface area contributed by atoms with Crippen LogP contribution < -0.4 is 19.8 Å². The highest BCUT2D eigenvalue weighted by Crippen LogP contribution is 2.31. The molecule has 3 aromatic rings. The summed E-state index contributed by atoms with van der Waals surface area (Å²) in [5, 5.41) is 4.57. The minimum absolute atomic E-state index is 0.187. The van der Waals surface area contributed by atoms with Crippen LogP contribution >= 0.6 is 11.3 Å². The highest BCUT2D eigenvalue weighted by atomic mass is 32.1. The molecule has 0 saturated heterocycles. The van der Waals surface area contributed by atoms with E-state index < -0.39 is 12.0 Å². The monoisotopic (exact) mass is 493 g/mol. The van der Waals surface area contributed by atoms with Crippen molar-refractivity contribution < 1.29 is 9.53 Å². The van der Waals surface area contributed by atoms with Crippen molar-refractivity contribution in [1.29, 1.82) is 0 Å². The number of aryl methyl sites for hydroxylation is 2. The van der Waals surface area contributed by atoms with Gasteiger partial charge in [0.05, 0.1) is 34.1 Å². The molecule has 1 aliphatic heterocycles. The summed E-state index contributed by atoms with van der Waals surface area (Å²) in [6.07, 6.45) is 1.89. The number of anilines is 1. The van der Waals surface area contributed by atoms with Crippen molar-refractivity contribution in [3.8, 4) is 0 Å². The maximum absolute atomic E-state index is 13.8. The lowest BCUT2D eigenvalue weighted by atomic mass is 9.95. The van der Waals surface area contributed by atoms with Crippen molar-refractivity contribution in [2.45, 2.75) is 47.2 Å². The third-order valence-electron chi connectivity index (χ3n) is 6.25. The highest BCUT2D eigenvalue weighted by Gasteiger charge is 2.33. The van der Waals surface area contributed by atoms with Gasteiger partial charge in [0.15, 0.2) is 4.80 Å². The van der Waals surface area contributed by atoms with Gasteiger partial charge in [0.2, 0.25) is 0 Å². The fourth-order valence-corrected chi connectivity index (χ4v) is 5.45. The Morgan fingerprint density at radius 3 is 2.43 bits per heavy atom. The summed E-state index contributed by atoms with van der Waals surface area (Å²) < 4.78 is 9.47. The first-order chi connectivity index (χ1) is 16.7. The molecule has 0 amide bonds. The van der Waals surface area contributed by atoms with Crippen LogP contribution in [0.1, 0.15) is 49.3 Å². The molecule has 2 aromatic heterocycles. The van der Waals surface area contributed by atoms with E-state index in [1.165, 1.54) is 11.3 Å². The highest BCUT2D eigenvalue weighted by molar-refractivity contribution is 7.07. The van der Waals surface area contributed by atoms with Crippen molar-refractivity contribution in [2.24, 2.45) is 4.99 Å². The minimum atomic E-state index is -0.621. The smallest absolute Gasteiger partial charge is 0.338 e. The lowest BCUT2D eigenvalue weighted by Gasteiger charge is -2.25. The van der Waals surface area contributed by atoms with Gasteiger partial charge in [0.25, 0.3) is 5.56 Å². The van der Waals surface area contributed by atoms with E-state index in [9.17, 15) is 9.59 Å². The SMILES string of the molecule is CCOC(=O)C1=C(C)N=c2s/c(=C/c3c(C)nn(CC)c3C)c(=O)n2[C@@H]1c1ccc(N(C)C)cc1. The minimum Gasteiger partial charge on any atom is -0.463 e. The van der Waals surface area contributed by atoms with Gasteiger partial charge < -0.3 is 9.64 Å². The van der Waals surface area contributed by atoms with Gasteiger partial charge in [0, 0.05) is 37.6 Å². The molecule has 0 radical (unpaired) electrons. The topological polar surface area (TPSA) is 81.7 Å². The molecule has 35 heavy (non-hydrogen) atoms. The van der Waals surface area contributed by atoms with E-state index in [0.29, 0.717) is 20.6 Å². The first kappa shape index (κ1) is 24.7. The quantitative estimate of drug-likeness (QED) is 0.493. The van der Waals surface area contributed by atoms with Gasteiger partial charge >= 0.3 is 5.97 Å². The zero-order valence-electron chi connectivity index (χ0n) is 21.2. The van der Waals surface area contributed by atoms with Crippen LogP contribution in [0.4, 0.5) is 5.69 Å². The molecule has 4 rings (SSSR count). The molecule has 0 bridgehead atoms. The molecule has 0 spiro atoms. The van der Waals surface area contributed by atoms with E-state index in [1.54, 1.807) is 18.4 Å². The summed E-state index contributed by atoms with van der Waals surface area (Å²) in [6, 6.07) is 7.25. The van der Waals surface area contributed by atoms with Crippen molar-refractivity contribution in [3.05, 3.63) is 77.7 Å². The maximum atomic E-state index is 13.8. The fraction of sp³-hybridized carbons (Fsp3) is 0.385. The predicted octanol–water partition coefficient (Wildman–Crippen LogP) is 2.70. The second kappa shape index (κ2) is 9.65. The normalized spacial score (nSPS) is 15.7. The molecular formula is C26H31N5O3S. The van der Waals surface area contributed by atoms with Gasteiger partial charge in [-0.05, 0) is 58.4 Å². The van der Waals surface area contributed by atoms with Gasteiger partial charge in [0.1, 0.15) is 0 Å². The molecule has 9 heteroatoms. The summed E-state index contributed by atoms with van der Waals surface area (Å²) in [5.41, 5.74) is 5.42. The van der Waals surface area contributed by atoms with Gasteiger partial charge in [-0.25, -0.2) is 9.79 Å². The lowest BCUT2D eigenvalue weighted by molar-refractivity contribution is -0.139. The van der Waals surface area contributed by atoms with E-state index in [2.05, 4.69) is 10.1 Å². The summed E-state index contributed by atoms with van der Waals surface area (Å²) in [7, 11) is 3.94. The van der Waals surface area contributed by atoms with Crippen molar-refractivity contribution in [3.63, 3.8) is 0 Å². The van der Waals surface area contributed by atoms with E-state index in [1.807, 2.05) is 74.8 Å². The summed E-state index contributed by atoms with van der Waals surface area (Å²) >= 11 is 1.33. The van der Waals surface area contributed by atoms with E-state index in [-0.39, 0.29) is 12.2 Å². The van der Waals surface area contributed by atoms with E-state index in [0.717, 1.165) is 34.7 Å². The van der Waals surface area contributed by atoms with Gasteiger partial charge in [-0.15, -0.1) is 0 Å². The van der Waals surface area contributed by atoms with Gasteiger partial charge in [-0.1, -0.05) is 23.5 Å². The predicted molar refractivity (Wildman–Crippen MR) is 139 cm³/mol.